The zero-order valence-corrected chi connectivity index (χ0v) is 11.4. The van der Waals surface area contributed by atoms with Crippen LogP contribution >= 0.6 is 11.6 Å². The van der Waals surface area contributed by atoms with Gasteiger partial charge in [-0.2, -0.15) is 0 Å². The molecule has 0 aliphatic heterocycles. The number of aromatic nitrogens is 2. The van der Waals surface area contributed by atoms with Crippen molar-refractivity contribution >= 4 is 17.4 Å². The van der Waals surface area contributed by atoms with Gasteiger partial charge in [0.05, 0.1) is 10.8 Å². The molecule has 1 aromatic heterocycles. The predicted molar refractivity (Wildman–Crippen MR) is 72.4 cm³/mol. The molecular weight excluding hydrogens is 292 g/mol. The van der Waals surface area contributed by atoms with Gasteiger partial charge in [0.25, 0.3) is 0 Å². The third kappa shape index (κ3) is 2.64. The van der Waals surface area contributed by atoms with Crippen LogP contribution < -0.4 is 9.79 Å². The van der Waals surface area contributed by atoms with Crippen molar-refractivity contribution in [1.29, 1.82) is 0 Å². The highest BCUT2D eigenvalue weighted by atomic mass is 35.5. The second kappa shape index (κ2) is 5.38. The molecule has 0 bridgehead atoms. The zero-order valence-electron chi connectivity index (χ0n) is 10.7. The van der Waals surface area contributed by atoms with Crippen LogP contribution in [0.25, 0.3) is 5.69 Å². The summed E-state index contributed by atoms with van der Waals surface area (Å²) in [7, 11) is 0. The first-order chi connectivity index (χ1) is 10.1. The summed E-state index contributed by atoms with van der Waals surface area (Å²) < 4.78 is 5.75. The maximum atomic E-state index is 12.6. The van der Waals surface area contributed by atoms with Crippen LogP contribution in [-0.4, -0.2) is 11.1 Å². The molecule has 0 amide bonds. The normalized spacial score (nSPS) is 10.5. The minimum Gasteiger partial charge on any atom is -0.539 e. The van der Waals surface area contributed by atoms with Crippen molar-refractivity contribution in [2.24, 2.45) is 0 Å². The van der Waals surface area contributed by atoms with E-state index < -0.39 is 5.95 Å². The molecule has 0 saturated carbocycles. The predicted octanol–water partition coefficient (Wildman–Crippen LogP) is 1.91. The number of rotatable bonds is 3. The van der Waals surface area contributed by atoms with Crippen molar-refractivity contribution in [2.75, 3.05) is 0 Å². The summed E-state index contributed by atoms with van der Waals surface area (Å²) >= 11 is 5.82. The van der Waals surface area contributed by atoms with Gasteiger partial charge in [0.1, 0.15) is 5.95 Å². The van der Waals surface area contributed by atoms with Crippen LogP contribution in [0, 0.1) is 0 Å². The molecule has 3 rings (SSSR count). The number of ketones is 1. The monoisotopic (exact) mass is 300 g/mol. The molecule has 104 valence electrons. The van der Waals surface area contributed by atoms with E-state index in [1.807, 2.05) is 0 Å². The summed E-state index contributed by atoms with van der Waals surface area (Å²) in [5, 5.41) is 15.3. The Bertz CT molecular complexity index is 797. The summed E-state index contributed by atoms with van der Waals surface area (Å²) in [6.45, 7) is 0. The van der Waals surface area contributed by atoms with E-state index in [2.05, 4.69) is 9.79 Å². The van der Waals surface area contributed by atoms with Crippen molar-refractivity contribution in [3.8, 4) is 11.6 Å². The van der Waals surface area contributed by atoms with E-state index in [1.165, 1.54) is 10.9 Å². The first-order valence-electron chi connectivity index (χ1n) is 6.10. The molecule has 3 aromatic rings. The quantitative estimate of drug-likeness (QED) is 0.547. The molecule has 0 unspecified atom stereocenters. The molecule has 0 aliphatic carbocycles. The number of carbonyl (C=O) groups excluding carboxylic acids is 1. The Balaban J connectivity index is 2.06. The number of halogens is 1. The standard InChI is InChI=1S/C15H9ClN2O3/c16-11-7-5-10(6-8-11)15(20)12-3-1-2-4-13(12)18-9-14(19)21-17-18/h1-9H. The topological polar surface area (TPSA) is 70.0 Å². The Kier molecular flexibility index (Phi) is 3.41. The highest BCUT2D eigenvalue weighted by molar-refractivity contribution is 6.30. The van der Waals surface area contributed by atoms with Crippen LogP contribution in [0.15, 0.2) is 59.3 Å². The lowest BCUT2D eigenvalue weighted by molar-refractivity contribution is -0.670. The zero-order chi connectivity index (χ0) is 14.8. The van der Waals surface area contributed by atoms with E-state index in [0.717, 1.165) is 0 Å². The third-order valence-corrected chi connectivity index (χ3v) is 3.20. The van der Waals surface area contributed by atoms with Crippen molar-refractivity contribution in [3.05, 3.63) is 70.9 Å². The highest BCUT2D eigenvalue weighted by Gasteiger charge is 2.21. The second-order valence-electron chi connectivity index (χ2n) is 4.32. The van der Waals surface area contributed by atoms with Crippen molar-refractivity contribution in [1.82, 2.24) is 5.27 Å². The van der Waals surface area contributed by atoms with Crippen molar-refractivity contribution in [2.45, 2.75) is 0 Å². The minimum absolute atomic E-state index is 0.190. The van der Waals surface area contributed by atoms with Crippen LogP contribution in [0.1, 0.15) is 15.9 Å². The molecule has 6 heteroatoms. The van der Waals surface area contributed by atoms with Crippen LogP contribution in [0.3, 0.4) is 0 Å². The van der Waals surface area contributed by atoms with E-state index in [4.69, 9.17) is 11.6 Å². The second-order valence-corrected chi connectivity index (χ2v) is 4.76. The van der Waals surface area contributed by atoms with Crippen LogP contribution in [0.2, 0.25) is 5.02 Å². The maximum absolute atomic E-state index is 12.6. The number of carbonyl (C=O) groups is 1. The van der Waals surface area contributed by atoms with Crippen molar-refractivity contribution in [3.63, 3.8) is 0 Å². The van der Waals surface area contributed by atoms with Gasteiger partial charge in [0.15, 0.2) is 5.78 Å². The minimum atomic E-state index is -0.580. The van der Waals surface area contributed by atoms with Gasteiger partial charge in [-0.15, -0.1) is 0 Å². The molecule has 0 N–H and O–H groups in total. The van der Waals surface area contributed by atoms with Crippen molar-refractivity contribution < 1.29 is 19.1 Å². The number of benzene rings is 2. The summed E-state index contributed by atoms with van der Waals surface area (Å²) in [5.74, 6) is -0.769. The average molecular weight is 301 g/mol. The Morgan fingerprint density at radius 3 is 2.52 bits per heavy atom. The van der Waals surface area contributed by atoms with E-state index in [-0.39, 0.29) is 5.78 Å². The molecule has 0 spiro atoms. The fraction of sp³-hybridized carbons (Fsp3) is 0. The first-order valence-corrected chi connectivity index (χ1v) is 6.48. The smallest absolute Gasteiger partial charge is 0.250 e. The number of hydrogen-bond donors (Lipinski definition) is 0. The van der Waals surface area contributed by atoms with E-state index in [9.17, 15) is 9.90 Å². The summed E-state index contributed by atoms with van der Waals surface area (Å²) in [5.41, 5.74) is 1.39. The van der Waals surface area contributed by atoms with E-state index in [1.54, 1.807) is 48.5 Å². The molecule has 5 nitrogen and oxygen atoms in total. The fourth-order valence-electron chi connectivity index (χ4n) is 1.97. The summed E-state index contributed by atoms with van der Waals surface area (Å²) in [6.07, 6.45) is 1.17. The molecule has 1 heterocycles. The SMILES string of the molecule is O=C(c1ccc(Cl)cc1)c1ccccc1-[n+]1cc([O-])on1. The fourth-order valence-corrected chi connectivity index (χ4v) is 2.09. The van der Waals surface area contributed by atoms with Gasteiger partial charge in [-0.3, -0.25) is 4.79 Å². The molecule has 0 fully saturated rings. The average Bonchev–Trinajstić information content (AvgIpc) is 2.94. The molecule has 21 heavy (non-hydrogen) atoms. The van der Waals surface area contributed by atoms with Crippen LogP contribution in [-0.2, 0) is 0 Å². The third-order valence-electron chi connectivity index (χ3n) is 2.95. The van der Waals surface area contributed by atoms with Gasteiger partial charge in [-0.25, -0.2) is 0 Å². The summed E-state index contributed by atoms with van der Waals surface area (Å²) in [6, 6.07) is 13.4. The number of nitrogens with zero attached hydrogens (tertiary/aromatic N) is 2. The van der Waals surface area contributed by atoms with Crippen LogP contribution in [0.5, 0.6) is 5.95 Å². The molecule has 0 atom stereocenters. The lowest BCUT2D eigenvalue weighted by Gasteiger charge is -2.02. The molecule has 2 aromatic carbocycles. The van der Waals surface area contributed by atoms with Gasteiger partial charge >= 0.3 is 0 Å². The van der Waals surface area contributed by atoms with Gasteiger partial charge in [0.2, 0.25) is 11.9 Å². The number of para-hydroxylation sites is 1. The number of hydrogen-bond acceptors (Lipinski definition) is 4. The Morgan fingerprint density at radius 1 is 1.14 bits per heavy atom. The maximum Gasteiger partial charge on any atom is 0.250 e. The van der Waals surface area contributed by atoms with E-state index >= 15 is 0 Å². The van der Waals surface area contributed by atoms with Gasteiger partial charge in [0, 0.05) is 16.7 Å². The molecule has 0 aliphatic rings. The van der Waals surface area contributed by atoms with Gasteiger partial charge in [-0.05, 0) is 35.0 Å². The van der Waals surface area contributed by atoms with E-state index in [0.29, 0.717) is 21.8 Å². The largest absolute Gasteiger partial charge is 0.539 e. The van der Waals surface area contributed by atoms with Gasteiger partial charge < -0.3 is 9.63 Å². The summed E-state index contributed by atoms with van der Waals surface area (Å²) in [4.78, 5) is 12.6. The molecule has 0 radical (unpaired) electrons. The molecular formula is C15H9ClN2O3. The van der Waals surface area contributed by atoms with Gasteiger partial charge in [-0.1, -0.05) is 23.7 Å². The lowest BCUT2D eigenvalue weighted by Crippen LogP contribution is -2.33. The first kappa shape index (κ1) is 13.3. The Morgan fingerprint density at radius 2 is 1.86 bits per heavy atom. The Hall–Kier alpha value is -2.66. The lowest BCUT2D eigenvalue weighted by atomic mass is 10.0. The van der Waals surface area contributed by atoms with Crippen LogP contribution in [0.4, 0.5) is 0 Å². The highest BCUT2D eigenvalue weighted by Crippen LogP contribution is 2.17. The molecule has 0 saturated heterocycles. The Labute approximate surface area is 125 Å².